The van der Waals surface area contributed by atoms with Gasteiger partial charge in [0.15, 0.2) is 5.60 Å². The van der Waals surface area contributed by atoms with Gasteiger partial charge >= 0.3 is 7.82 Å². The number of aliphatic hydroxyl groups is 1. The van der Waals surface area contributed by atoms with Gasteiger partial charge in [-0.1, -0.05) is 60.7 Å². The lowest BCUT2D eigenvalue weighted by molar-refractivity contribution is -0.136. The molecule has 1 aliphatic carbocycles. The maximum atomic E-state index is 12.9. The normalized spacial score (nSPS) is 22.8. The van der Waals surface area contributed by atoms with Crippen LogP contribution in [0.25, 0.3) is 0 Å². The Morgan fingerprint density at radius 3 is 1.79 bits per heavy atom. The van der Waals surface area contributed by atoms with Crippen LogP contribution in [0.3, 0.4) is 0 Å². The minimum atomic E-state index is -4.64. The molecule has 156 valence electrons. The number of piperidine rings is 1. The predicted molar refractivity (Wildman–Crippen MR) is 106 cm³/mol. The highest BCUT2D eigenvalue weighted by Crippen LogP contribution is 2.48. The number of nitrogens with one attached hydrogen (secondary N) is 2. The summed E-state index contributed by atoms with van der Waals surface area (Å²) in [5, 5.41) is 17.7. The molecular weight excluding hydrogens is 395 g/mol. The lowest BCUT2D eigenvalue weighted by atomic mass is 9.85. The van der Waals surface area contributed by atoms with E-state index in [0.29, 0.717) is 35.4 Å². The van der Waals surface area contributed by atoms with Gasteiger partial charge in [0.05, 0.1) is 0 Å². The number of amides is 1. The second kappa shape index (κ2) is 8.75. The van der Waals surface area contributed by atoms with E-state index < -0.39 is 13.4 Å². The summed E-state index contributed by atoms with van der Waals surface area (Å²) in [7, 11) is -4.64. The Balaban J connectivity index is 0.000000431. The van der Waals surface area contributed by atoms with E-state index in [1.165, 1.54) is 0 Å². The number of hydrogen-bond acceptors (Lipinski definition) is 4. The van der Waals surface area contributed by atoms with E-state index >= 15 is 0 Å². The van der Waals surface area contributed by atoms with Crippen molar-refractivity contribution in [3.05, 3.63) is 71.8 Å². The fourth-order valence-corrected chi connectivity index (χ4v) is 3.98. The largest absolute Gasteiger partial charge is 0.466 e. The van der Waals surface area contributed by atoms with E-state index in [0.717, 1.165) is 13.1 Å². The van der Waals surface area contributed by atoms with E-state index in [4.69, 9.17) is 19.2 Å². The molecule has 4 rings (SSSR count). The molecule has 1 saturated heterocycles. The quantitative estimate of drug-likeness (QED) is 0.389. The monoisotopic (exact) mass is 420 g/mol. The van der Waals surface area contributed by atoms with Crippen LogP contribution in [-0.2, 0) is 15.0 Å². The second-order valence-electron chi connectivity index (χ2n) is 7.32. The summed E-state index contributed by atoms with van der Waals surface area (Å²) in [6.45, 7) is 2.73. The van der Waals surface area contributed by atoms with Crippen molar-refractivity contribution in [2.24, 2.45) is 17.8 Å². The zero-order valence-electron chi connectivity index (χ0n) is 15.7. The van der Waals surface area contributed by atoms with Gasteiger partial charge in [0.1, 0.15) is 0 Å². The molecule has 0 spiro atoms. The Morgan fingerprint density at radius 1 is 0.966 bits per heavy atom. The molecule has 29 heavy (non-hydrogen) atoms. The highest BCUT2D eigenvalue weighted by molar-refractivity contribution is 7.45. The summed E-state index contributed by atoms with van der Waals surface area (Å²) < 4.78 is 8.88. The smallest absolute Gasteiger partial charge is 0.372 e. The van der Waals surface area contributed by atoms with Crippen molar-refractivity contribution < 1.29 is 29.1 Å². The summed E-state index contributed by atoms with van der Waals surface area (Å²) in [4.78, 5) is 34.5. The number of carbonyl (C=O) groups is 1. The molecule has 1 amide bonds. The molecule has 2 aromatic rings. The van der Waals surface area contributed by atoms with Crippen LogP contribution in [0.2, 0.25) is 0 Å². The number of phosphoric acid groups is 1. The first kappa shape index (κ1) is 21.6. The first-order valence-corrected chi connectivity index (χ1v) is 10.9. The highest BCUT2D eigenvalue weighted by Gasteiger charge is 2.53. The first-order chi connectivity index (χ1) is 13.7. The molecule has 9 heteroatoms. The van der Waals surface area contributed by atoms with Crippen LogP contribution >= 0.6 is 7.82 Å². The predicted octanol–water partition coefficient (Wildman–Crippen LogP) is 0.575. The molecular formula is C20H25N2O6P. The Morgan fingerprint density at radius 2 is 1.38 bits per heavy atom. The summed E-state index contributed by atoms with van der Waals surface area (Å²) >= 11 is 0. The number of fused-ring (bicyclic) bond motifs is 1. The van der Waals surface area contributed by atoms with E-state index in [1.807, 2.05) is 36.4 Å². The molecule has 0 radical (unpaired) electrons. The molecule has 1 saturated carbocycles. The van der Waals surface area contributed by atoms with Crippen LogP contribution < -0.4 is 10.6 Å². The topological polar surface area (TPSA) is 139 Å². The zero-order chi connectivity index (χ0) is 21.1. The molecule has 6 N–H and O–H groups in total. The van der Waals surface area contributed by atoms with Gasteiger partial charge in [-0.15, -0.1) is 0 Å². The Hall–Kier alpha value is -2.06. The van der Waals surface area contributed by atoms with E-state index in [2.05, 4.69) is 10.6 Å². The number of benzene rings is 2. The summed E-state index contributed by atoms with van der Waals surface area (Å²) in [5.74, 6) is 1.57. The van der Waals surface area contributed by atoms with Crippen LogP contribution in [0.5, 0.6) is 0 Å². The van der Waals surface area contributed by atoms with E-state index in [9.17, 15) is 9.90 Å². The van der Waals surface area contributed by atoms with E-state index in [-0.39, 0.29) is 5.91 Å². The average molecular weight is 420 g/mol. The van der Waals surface area contributed by atoms with Gasteiger partial charge in [0, 0.05) is 6.54 Å². The Kier molecular flexibility index (Phi) is 6.53. The van der Waals surface area contributed by atoms with Crippen molar-refractivity contribution in [3.8, 4) is 0 Å². The van der Waals surface area contributed by atoms with Crippen molar-refractivity contribution in [1.82, 2.24) is 10.6 Å². The standard InChI is InChI=1S/C20H22N2O2.H3O4P/c23-19(22-13-18-16-11-21-12-17(16)18)20(24,14-7-3-1-4-8-14)15-9-5-2-6-10-15;1-5(2,3)4/h1-10,16-18,21,24H,11-13H2,(H,22,23);(H3,1,2,3,4)/t16-,17+,18?;. The van der Waals surface area contributed by atoms with Gasteiger partial charge in [-0.05, 0) is 42.0 Å². The van der Waals surface area contributed by atoms with Gasteiger partial charge in [-0.2, -0.15) is 0 Å². The van der Waals surface area contributed by atoms with Crippen molar-refractivity contribution in [3.63, 3.8) is 0 Å². The molecule has 2 aromatic carbocycles. The molecule has 2 fully saturated rings. The Bertz CT molecular complexity index is 815. The fourth-order valence-electron chi connectivity index (χ4n) is 3.98. The molecule has 0 aromatic heterocycles. The minimum absolute atomic E-state index is 0.349. The summed E-state index contributed by atoms with van der Waals surface area (Å²) in [5.41, 5.74) is -0.483. The average Bonchev–Trinajstić information content (AvgIpc) is 3.12. The maximum Gasteiger partial charge on any atom is 0.466 e. The highest BCUT2D eigenvalue weighted by atomic mass is 31.2. The van der Waals surface area contributed by atoms with Crippen LogP contribution in [-0.4, -0.2) is 45.3 Å². The lowest BCUT2D eigenvalue weighted by Gasteiger charge is -2.28. The third-order valence-corrected chi connectivity index (χ3v) is 5.48. The van der Waals surface area contributed by atoms with Crippen LogP contribution in [0.15, 0.2) is 60.7 Å². The SMILES string of the molecule is O=C(NCC1[C@H]2CNC[C@@H]12)C(O)(c1ccccc1)c1ccccc1.O=P(O)(O)O. The van der Waals surface area contributed by atoms with Gasteiger partial charge in [0.2, 0.25) is 0 Å². The molecule has 1 unspecified atom stereocenters. The van der Waals surface area contributed by atoms with Gasteiger partial charge in [-0.25, -0.2) is 4.57 Å². The fraction of sp³-hybridized carbons (Fsp3) is 0.350. The Labute approximate surface area is 168 Å². The third kappa shape index (κ3) is 5.30. The van der Waals surface area contributed by atoms with Gasteiger partial charge in [0.25, 0.3) is 5.91 Å². The molecule has 1 aliphatic heterocycles. The lowest BCUT2D eigenvalue weighted by Crippen LogP contribution is -2.46. The van der Waals surface area contributed by atoms with Crippen molar-refractivity contribution in [2.75, 3.05) is 19.6 Å². The van der Waals surface area contributed by atoms with Crippen LogP contribution in [0, 0.1) is 17.8 Å². The van der Waals surface area contributed by atoms with Gasteiger partial charge < -0.3 is 30.4 Å². The van der Waals surface area contributed by atoms with Crippen LogP contribution in [0.1, 0.15) is 11.1 Å². The number of hydrogen-bond donors (Lipinski definition) is 6. The third-order valence-electron chi connectivity index (χ3n) is 5.48. The molecule has 8 nitrogen and oxygen atoms in total. The molecule has 0 bridgehead atoms. The van der Waals surface area contributed by atoms with Gasteiger partial charge in [-0.3, -0.25) is 4.79 Å². The van der Waals surface area contributed by atoms with Crippen molar-refractivity contribution in [2.45, 2.75) is 5.60 Å². The number of carbonyl (C=O) groups excluding carboxylic acids is 1. The van der Waals surface area contributed by atoms with Crippen molar-refractivity contribution in [1.29, 1.82) is 0 Å². The van der Waals surface area contributed by atoms with Crippen molar-refractivity contribution >= 4 is 13.7 Å². The second-order valence-corrected chi connectivity index (χ2v) is 8.34. The zero-order valence-corrected chi connectivity index (χ0v) is 16.6. The summed E-state index contributed by atoms with van der Waals surface area (Å²) in [6, 6.07) is 18.3. The maximum absolute atomic E-state index is 12.9. The molecule has 3 atom stereocenters. The minimum Gasteiger partial charge on any atom is -0.372 e. The molecule has 1 heterocycles. The van der Waals surface area contributed by atoms with E-state index in [1.54, 1.807) is 24.3 Å². The first-order valence-electron chi connectivity index (χ1n) is 9.32. The number of rotatable bonds is 5. The summed E-state index contributed by atoms with van der Waals surface area (Å²) in [6.07, 6.45) is 0. The van der Waals surface area contributed by atoms with Crippen LogP contribution in [0.4, 0.5) is 0 Å². The molecule has 2 aliphatic rings.